The fourth-order valence-electron chi connectivity index (χ4n) is 2.27. The van der Waals surface area contributed by atoms with Crippen molar-refractivity contribution < 1.29 is 4.79 Å². The van der Waals surface area contributed by atoms with Crippen LogP contribution >= 0.6 is 0 Å². The lowest BCUT2D eigenvalue weighted by atomic mass is 9.97. The highest BCUT2D eigenvalue weighted by molar-refractivity contribution is 6.06. The number of Topliss-reactive ketones (excluding diaryl/α,β-unsaturated/α-hetero) is 1. The summed E-state index contributed by atoms with van der Waals surface area (Å²) in [6, 6.07) is 12.2. The van der Waals surface area contributed by atoms with Gasteiger partial charge in [-0.05, 0) is 22.8 Å². The van der Waals surface area contributed by atoms with E-state index in [9.17, 15) is 4.79 Å². The molecule has 16 heavy (non-hydrogen) atoms. The summed E-state index contributed by atoms with van der Waals surface area (Å²) in [4.78, 5) is 11.9. The first kappa shape index (κ1) is 9.34. The highest BCUT2D eigenvalue weighted by atomic mass is 16.1. The Kier molecular flexibility index (Phi) is 2.10. The number of hydrogen-bond acceptors (Lipinski definition) is 1. The van der Waals surface area contributed by atoms with Crippen LogP contribution in [0.2, 0.25) is 0 Å². The molecule has 0 aromatic heterocycles. The first-order valence-corrected chi connectivity index (χ1v) is 5.58. The van der Waals surface area contributed by atoms with Crippen molar-refractivity contribution in [2.75, 3.05) is 0 Å². The predicted octanol–water partition coefficient (Wildman–Crippen LogP) is 3.83. The SMILES string of the molecule is O=C1CCC=Cc2c1ccc1ccccc21. The van der Waals surface area contributed by atoms with E-state index in [1.807, 2.05) is 24.3 Å². The molecule has 78 valence electrons. The van der Waals surface area contributed by atoms with E-state index in [1.54, 1.807) is 0 Å². The molecule has 1 aliphatic rings. The number of hydrogen-bond donors (Lipinski definition) is 0. The quantitative estimate of drug-likeness (QED) is 0.643. The van der Waals surface area contributed by atoms with Gasteiger partial charge in [0.05, 0.1) is 0 Å². The third-order valence-corrected chi connectivity index (χ3v) is 3.09. The van der Waals surface area contributed by atoms with Gasteiger partial charge in [-0.2, -0.15) is 0 Å². The number of fused-ring (bicyclic) bond motifs is 3. The Hall–Kier alpha value is -1.89. The summed E-state index contributed by atoms with van der Waals surface area (Å²) in [6.07, 6.45) is 5.66. The lowest BCUT2D eigenvalue weighted by Crippen LogP contribution is -1.99. The van der Waals surface area contributed by atoms with Crippen LogP contribution in [0.5, 0.6) is 0 Å². The molecule has 2 aromatic carbocycles. The van der Waals surface area contributed by atoms with Crippen LogP contribution in [0, 0.1) is 0 Å². The highest BCUT2D eigenvalue weighted by Crippen LogP contribution is 2.27. The molecule has 0 bridgehead atoms. The van der Waals surface area contributed by atoms with Gasteiger partial charge in [-0.25, -0.2) is 0 Å². The van der Waals surface area contributed by atoms with Gasteiger partial charge in [0.2, 0.25) is 0 Å². The zero-order valence-electron chi connectivity index (χ0n) is 8.94. The fourth-order valence-corrected chi connectivity index (χ4v) is 2.27. The van der Waals surface area contributed by atoms with Gasteiger partial charge >= 0.3 is 0 Å². The fraction of sp³-hybridized carbons (Fsp3) is 0.133. The van der Waals surface area contributed by atoms with Crippen LogP contribution in [-0.4, -0.2) is 5.78 Å². The van der Waals surface area contributed by atoms with Crippen LogP contribution in [0.15, 0.2) is 42.5 Å². The summed E-state index contributed by atoms with van der Waals surface area (Å²) in [5, 5.41) is 2.37. The van der Waals surface area contributed by atoms with E-state index < -0.39 is 0 Å². The zero-order valence-corrected chi connectivity index (χ0v) is 8.94. The van der Waals surface area contributed by atoms with Gasteiger partial charge in [0.1, 0.15) is 0 Å². The van der Waals surface area contributed by atoms with Gasteiger partial charge in [0.15, 0.2) is 5.78 Å². The Balaban J connectivity index is 2.40. The van der Waals surface area contributed by atoms with Crippen LogP contribution in [0.3, 0.4) is 0 Å². The molecule has 3 rings (SSSR count). The Bertz CT molecular complexity index is 593. The lowest BCUT2D eigenvalue weighted by molar-refractivity contribution is 0.0984. The Morgan fingerprint density at radius 2 is 1.88 bits per heavy atom. The van der Waals surface area contributed by atoms with Crippen molar-refractivity contribution in [2.45, 2.75) is 12.8 Å². The molecule has 1 nitrogen and oxygen atoms in total. The van der Waals surface area contributed by atoms with Crippen LogP contribution in [-0.2, 0) is 0 Å². The number of carbonyl (C=O) groups is 1. The highest BCUT2D eigenvalue weighted by Gasteiger charge is 2.13. The number of ketones is 1. The van der Waals surface area contributed by atoms with Gasteiger partial charge in [-0.3, -0.25) is 4.79 Å². The maximum Gasteiger partial charge on any atom is 0.163 e. The van der Waals surface area contributed by atoms with Gasteiger partial charge in [0.25, 0.3) is 0 Å². The van der Waals surface area contributed by atoms with E-state index in [-0.39, 0.29) is 5.78 Å². The van der Waals surface area contributed by atoms with Crippen LogP contribution in [0.25, 0.3) is 16.8 Å². The number of allylic oxidation sites excluding steroid dienone is 1. The van der Waals surface area contributed by atoms with Gasteiger partial charge in [-0.15, -0.1) is 0 Å². The molecule has 1 heteroatoms. The molecular weight excluding hydrogens is 196 g/mol. The van der Waals surface area contributed by atoms with E-state index in [0.717, 1.165) is 17.5 Å². The molecule has 0 unspecified atom stereocenters. The largest absolute Gasteiger partial charge is 0.294 e. The van der Waals surface area contributed by atoms with Gasteiger partial charge < -0.3 is 0 Å². The van der Waals surface area contributed by atoms with Crippen molar-refractivity contribution >= 4 is 22.6 Å². The summed E-state index contributed by atoms with van der Waals surface area (Å²) in [6.45, 7) is 0. The summed E-state index contributed by atoms with van der Waals surface area (Å²) >= 11 is 0. The van der Waals surface area contributed by atoms with Crippen LogP contribution in [0.1, 0.15) is 28.8 Å². The molecule has 0 amide bonds. The number of rotatable bonds is 0. The zero-order chi connectivity index (χ0) is 11.0. The summed E-state index contributed by atoms with van der Waals surface area (Å²) in [5.74, 6) is 0.255. The summed E-state index contributed by atoms with van der Waals surface area (Å²) < 4.78 is 0. The normalized spacial score (nSPS) is 14.9. The molecule has 0 N–H and O–H groups in total. The third kappa shape index (κ3) is 1.36. The van der Waals surface area contributed by atoms with E-state index in [2.05, 4.69) is 24.3 Å². The summed E-state index contributed by atoms with van der Waals surface area (Å²) in [5.41, 5.74) is 1.95. The lowest BCUT2D eigenvalue weighted by Gasteiger charge is -2.06. The first-order valence-electron chi connectivity index (χ1n) is 5.58. The molecule has 0 atom stereocenters. The number of carbonyl (C=O) groups excluding carboxylic acids is 1. The Morgan fingerprint density at radius 3 is 2.81 bits per heavy atom. The molecule has 0 saturated heterocycles. The molecule has 0 aliphatic heterocycles. The van der Waals surface area contributed by atoms with Crippen molar-refractivity contribution in [3.8, 4) is 0 Å². The Morgan fingerprint density at radius 1 is 1.00 bits per heavy atom. The standard InChI is InChI=1S/C15H12O/c16-15-8-4-3-7-13-12-6-2-1-5-11(12)9-10-14(13)15/h1-3,5-7,9-10H,4,8H2. The minimum atomic E-state index is 0.255. The van der Waals surface area contributed by atoms with Gasteiger partial charge in [0, 0.05) is 12.0 Å². The topological polar surface area (TPSA) is 17.1 Å². The minimum Gasteiger partial charge on any atom is -0.294 e. The monoisotopic (exact) mass is 208 g/mol. The number of benzene rings is 2. The average molecular weight is 208 g/mol. The molecule has 0 heterocycles. The van der Waals surface area contributed by atoms with E-state index in [4.69, 9.17) is 0 Å². The second kappa shape index (κ2) is 3.60. The van der Waals surface area contributed by atoms with Crippen molar-refractivity contribution in [3.63, 3.8) is 0 Å². The van der Waals surface area contributed by atoms with E-state index in [0.29, 0.717) is 6.42 Å². The molecule has 0 saturated carbocycles. The van der Waals surface area contributed by atoms with Crippen LogP contribution in [0.4, 0.5) is 0 Å². The smallest absolute Gasteiger partial charge is 0.163 e. The van der Waals surface area contributed by atoms with E-state index >= 15 is 0 Å². The van der Waals surface area contributed by atoms with Crippen molar-refractivity contribution in [1.29, 1.82) is 0 Å². The molecule has 1 aliphatic carbocycles. The van der Waals surface area contributed by atoms with Crippen molar-refractivity contribution in [1.82, 2.24) is 0 Å². The van der Waals surface area contributed by atoms with E-state index in [1.165, 1.54) is 10.8 Å². The minimum absolute atomic E-state index is 0.255. The van der Waals surface area contributed by atoms with Crippen LogP contribution < -0.4 is 0 Å². The predicted molar refractivity (Wildman–Crippen MR) is 66.5 cm³/mol. The molecule has 0 spiro atoms. The second-order valence-corrected chi connectivity index (χ2v) is 4.11. The van der Waals surface area contributed by atoms with Gasteiger partial charge in [-0.1, -0.05) is 48.6 Å². The van der Waals surface area contributed by atoms with Crippen molar-refractivity contribution in [3.05, 3.63) is 53.6 Å². The Labute approximate surface area is 94.4 Å². The molecule has 2 aromatic rings. The summed E-state index contributed by atoms with van der Waals surface area (Å²) in [7, 11) is 0. The average Bonchev–Trinajstić information content (AvgIpc) is 2.52. The maximum atomic E-state index is 11.9. The molecule has 0 fully saturated rings. The third-order valence-electron chi connectivity index (χ3n) is 3.09. The second-order valence-electron chi connectivity index (χ2n) is 4.11. The first-order chi connectivity index (χ1) is 7.86. The molecular formula is C15H12O. The maximum absolute atomic E-state index is 11.9. The molecule has 0 radical (unpaired) electrons. The van der Waals surface area contributed by atoms with Crippen molar-refractivity contribution in [2.24, 2.45) is 0 Å².